The third-order valence-electron chi connectivity index (χ3n) is 1.95. The molecule has 0 N–H and O–H groups in total. The van der Waals surface area contributed by atoms with E-state index < -0.39 is 0 Å². The van der Waals surface area contributed by atoms with Crippen LogP contribution in [0.15, 0.2) is 39.8 Å². The minimum atomic E-state index is -0.106. The highest BCUT2D eigenvalue weighted by Crippen LogP contribution is 2.19. The minimum Gasteiger partial charge on any atom is -0.329 e. The second kappa shape index (κ2) is 3.90. The Bertz CT molecular complexity index is 531. The minimum absolute atomic E-state index is 0.106. The normalized spacial score (nSPS) is 10.5. The summed E-state index contributed by atoms with van der Waals surface area (Å²) in [6, 6.07) is 0. The lowest BCUT2D eigenvalue weighted by Gasteiger charge is -2.01. The molecule has 0 unspecified atom stereocenters. The van der Waals surface area contributed by atoms with Gasteiger partial charge in [-0.05, 0) is 11.8 Å². The summed E-state index contributed by atoms with van der Waals surface area (Å²) in [7, 11) is 3.58. The summed E-state index contributed by atoms with van der Waals surface area (Å²) < 4.78 is 3.34. The number of hydrogen-bond donors (Lipinski definition) is 0. The van der Waals surface area contributed by atoms with E-state index in [1.165, 1.54) is 16.3 Å². The SMILES string of the molecule is Cn1ccnc1Sc1nccn(C)c1=O. The molecule has 0 atom stereocenters. The molecule has 2 rings (SSSR count). The lowest BCUT2D eigenvalue weighted by atomic mass is 10.7. The zero-order valence-electron chi connectivity index (χ0n) is 8.41. The summed E-state index contributed by atoms with van der Waals surface area (Å²) in [5, 5.41) is 1.19. The van der Waals surface area contributed by atoms with Crippen LogP contribution in [0.4, 0.5) is 0 Å². The molecular weight excluding hydrogens is 212 g/mol. The molecule has 0 bridgehead atoms. The molecule has 0 aliphatic carbocycles. The van der Waals surface area contributed by atoms with Gasteiger partial charge in [0.1, 0.15) is 0 Å². The summed E-state index contributed by atoms with van der Waals surface area (Å²) >= 11 is 1.27. The fourth-order valence-corrected chi connectivity index (χ4v) is 1.92. The summed E-state index contributed by atoms with van der Waals surface area (Å²) in [6.07, 6.45) is 6.75. The van der Waals surface area contributed by atoms with Crippen molar-refractivity contribution in [3.05, 3.63) is 35.1 Å². The standard InChI is InChI=1S/C9H10N4OS/c1-12-5-3-10-7(8(12)14)15-9-11-4-6-13(9)2/h3-6H,1-2H3. The smallest absolute Gasteiger partial charge is 0.283 e. The second-order valence-electron chi connectivity index (χ2n) is 3.07. The topological polar surface area (TPSA) is 52.7 Å². The number of aryl methyl sites for hydroxylation is 2. The molecule has 0 saturated heterocycles. The Morgan fingerprint density at radius 2 is 1.80 bits per heavy atom. The number of hydrogen-bond acceptors (Lipinski definition) is 4. The number of imidazole rings is 1. The lowest BCUT2D eigenvalue weighted by molar-refractivity contribution is 0.772. The quantitative estimate of drug-likeness (QED) is 0.749. The van der Waals surface area contributed by atoms with E-state index in [0.29, 0.717) is 5.03 Å². The van der Waals surface area contributed by atoms with Crippen molar-refractivity contribution in [2.75, 3.05) is 0 Å². The molecule has 0 radical (unpaired) electrons. The third kappa shape index (κ3) is 1.94. The molecule has 6 heteroatoms. The van der Waals surface area contributed by atoms with Crippen LogP contribution in [0.25, 0.3) is 0 Å². The maximum Gasteiger partial charge on any atom is 0.283 e. The van der Waals surface area contributed by atoms with Crippen LogP contribution in [0, 0.1) is 0 Å². The van der Waals surface area contributed by atoms with E-state index >= 15 is 0 Å². The zero-order chi connectivity index (χ0) is 10.8. The molecule has 5 nitrogen and oxygen atoms in total. The second-order valence-corrected chi connectivity index (χ2v) is 4.03. The van der Waals surface area contributed by atoms with Crippen molar-refractivity contribution in [1.82, 2.24) is 19.1 Å². The Kier molecular flexibility index (Phi) is 2.59. The molecule has 2 aromatic rings. The van der Waals surface area contributed by atoms with E-state index in [1.54, 1.807) is 25.6 Å². The van der Waals surface area contributed by atoms with Gasteiger partial charge in [-0.1, -0.05) is 0 Å². The Hall–Kier alpha value is -1.56. The monoisotopic (exact) mass is 222 g/mol. The first kappa shape index (κ1) is 9.97. The first-order chi connectivity index (χ1) is 7.18. The molecule has 0 aliphatic rings. The van der Waals surface area contributed by atoms with Crippen molar-refractivity contribution in [2.45, 2.75) is 10.2 Å². The van der Waals surface area contributed by atoms with Gasteiger partial charge in [0, 0.05) is 38.9 Å². The van der Waals surface area contributed by atoms with Gasteiger partial charge < -0.3 is 9.13 Å². The highest BCUT2D eigenvalue weighted by molar-refractivity contribution is 7.99. The molecule has 2 aromatic heterocycles. The van der Waals surface area contributed by atoms with E-state index in [2.05, 4.69) is 9.97 Å². The van der Waals surface area contributed by atoms with Crippen molar-refractivity contribution in [2.24, 2.45) is 14.1 Å². The van der Waals surface area contributed by atoms with Gasteiger partial charge in [0.2, 0.25) is 0 Å². The molecule has 0 aromatic carbocycles. The maximum atomic E-state index is 11.6. The molecule has 0 aliphatic heterocycles. The Morgan fingerprint density at radius 3 is 2.47 bits per heavy atom. The van der Waals surface area contributed by atoms with Gasteiger partial charge >= 0.3 is 0 Å². The van der Waals surface area contributed by atoms with Gasteiger partial charge in [-0.2, -0.15) is 0 Å². The van der Waals surface area contributed by atoms with Crippen LogP contribution >= 0.6 is 11.8 Å². The van der Waals surface area contributed by atoms with Crippen LogP contribution in [0.3, 0.4) is 0 Å². The molecule has 0 spiro atoms. The zero-order valence-corrected chi connectivity index (χ0v) is 9.23. The number of rotatable bonds is 2. The summed E-state index contributed by atoms with van der Waals surface area (Å²) in [5.41, 5.74) is -0.106. The Morgan fingerprint density at radius 1 is 1.13 bits per heavy atom. The van der Waals surface area contributed by atoms with Crippen molar-refractivity contribution >= 4 is 11.8 Å². The first-order valence-electron chi connectivity index (χ1n) is 4.35. The van der Waals surface area contributed by atoms with Crippen molar-refractivity contribution in [1.29, 1.82) is 0 Å². The maximum absolute atomic E-state index is 11.6. The number of aromatic nitrogens is 4. The van der Waals surface area contributed by atoms with Crippen LogP contribution in [-0.4, -0.2) is 19.1 Å². The highest BCUT2D eigenvalue weighted by Gasteiger charge is 2.07. The average Bonchev–Trinajstić information content (AvgIpc) is 2.60. The summed E-state index contributed by atoms with van der Waals surface area (Å²) in [4.78, 5) is 19.8. The molecular formula is C9H10N4OS. The molecule has 0 saturated carbocycles. The third-order valence-corrected chi connectivity index (χ3v) is 3.00. The van der Waals surface area contributed by atoms with Crippen LogP contribution in [0.5, 0.6) is 0 Å². The van der Waals surface area contributed by atoms with Crippen LogP contribution in [-0.2, 0) is 14.1 Å². The first-order valence-corrected chi connectivity index (χ1v) is 5.17. The summed E-state index contributed by atoms with van der Waals surface area (Å²) in [6.45, 7) is 0. The van der Waals surface area contributed by atoms with Crippen LogP contribution in [0.2, 0.25) is 0 Å². The fraction of sp³-hybridized carbons (Fsp3) is 0.222. The van der Waals surface area contributed by atoms with Gasteiger partial charge in [-0.3, -0.25) is 4.79 Å². The predicted octanol–water partition coefficient (Wildman–Crippen LogP) is 0.665. The predicted molar refractivity (Wildman–Crippen MR) is 56.8 cm³/mol. The Labute approximate surface area is 90.8 Å². The molecule has 15 heavy (non-hydrogen) atoms. The Balaban J connectivity index is 2.37. The highest BCUT2D eigenvalue weighted by atomic mass is 32.2. The van der Waals surface area contributed by atoms with E-state index in [9.17, 15) is 4.79 Å². The van der Waals surface area contributed by atoms with Gasteiger partial charge in [-0.25, -0.2) is 9.97 Å². The number of nitrogens with zero attached hydrogens (tertiary/aromatic N) is 4. The van der Waals surface area contributed by atoms with Gasteiger partial charge in [-0.15, -0.1) is 0 Å². The molecule has 0 fully saturated rings. The van der Waals surface area contributed by atoms with Crippen LogP contribution < -0.4 is 5.56 Å². The van der Waals surface area contributed by atoms with E-state index in [1.807, 2.05) is 17.8 Å². The van der Waals surface area contributed by atoms with E-state index in [4.69, 9.17) is 0 Å². The van der Waals surface area contributed by atoms with Gasteiger partial charge in [0.15, 0.2) is 10.2 Å². The van der Waals surface area contributed by atoms with Crippen molar-refractivity contribution < 1.29 is 0 Å². The molecule has 0 amide bonds. The van der Waals surface area contributed by atoms with Crippen molar-refractivity contribution in [3.8, 4) is 0 Å². The average molecular weight is 222 g/mol. The van der Waals surface area contributed by atoms with Gasteiger partial charge in [0.05, 0.1) is 0 Å². The fourth-order valence-electron chi connectivity index (χ4n) is 1.08. The van der Waals surface area contributed by atoms with E-state index in [0.717, 1.165) is 5.16 Å². The molecule has 2 heterocycles. The molecule has 78 valence electrons. The largest absolute Gasteiger partial charge is 0.329 e. The summed E-state index contributed by atoms with van der Waals surface area (Å²) in [5.74, 6) is 0. The van der Waals surface area contributed by atoms with Crippen molar-refractivity contribution in [3.63, 3.8) is 0 Å². The lowest BCUT2D eigenvalue weighted by Crippen LogP contribution is -2.18. The van der Waals surface area contributed by atoms with E-state index in [-0.39, 0.29) is 5.56 Å². The van der Waals surface area contributed by atoms with Gasteiger partial charge in [0.25, 0.3) is 5.56 Å². The van der Waals surface area contributed by atoms with Crippen LogP contribution in [0.1, 0.15) is 0 Å².